The standard InChI is InChI=1S/C10H11ClN2O4/c1-17-10(14)9(12)4-6-2-3-7(13(15)16)5-8(6)11/h2-3,5,9H,4,12H2,1H3. The Bertz CT molecular complexity index is 450. The number of halogens is 1. The van der Waals surface area contributed by atoms with Crippen LogP contribution in [-0.4, -0.2) is 24.0 Å². The second kappa shape index (κ2) is 5.60. The van der Waals surface area contributed by atoms with E-state index in [4.69, 9.17) is 17.3 Å². The lowest BCUT2D eigenvalue weighted by atomic mass is 10.1. The van der Waals surface area contributed by atoms with Crippen LogP contribution in [0, 0.1) is 10.1 Å². The van der Waals surface area contributed by atoms with Gasteiger partial charge in [0.25, 0.3) is 5.69 Å². The van der Waals surface area contributed by atoms with Gasteiger partial charge >= 0.3 is 5.97 Å². The number of esters is 1. The normalized spacial score (nSPS) is 11.9. The quantitative estimate of drug-likeness (QED) is 0.499. The number of methoxy groups -OCH3 is 1. The molecule has 6 nitrogen and oxygen atoms in total. The van der Waals surface area contributed by atoms with Gasteiger partial charge in [-0.05, 0) is 12.0 Å². The molecule has 1 atom stereocenters. The molecular weight excluding hydrogens is 248 g/mol. The summed E-state index contributed by atoms with van der Waals surface area (Å²) in [4.78, 5) is 21.0. The van der Waals surface area contributed by atoms with Gasteiger partial charge in [0.2, 0.25) is 0 Å². The van der Waals surface area contributed by atoms with Gasteiger partial charge in [0, 0.05) is 12.1 Å². The topological polar surface area (TPSA) is 95.5 Å². The van der Waals surface area contributed by atoms with Crippen molar-refractivity contribution in [3.05, 3.63) is 38.9 Å². The average molecular weight is 259 g/mol. The van der Waals surface area contributed by atoms with Crippen LogP contribution in [0.4, 0.5) is 5.69 Å². The number of nitrogens with two attached hydrogens (primary N) is 1. The van der Waals surface area contributed by atoms with Crippen molar-refractivity contribution in [2.75, 3.05) is 7.11 Å². The summed E-state index contributed by atoms with van der Waals surface area (Å²) >= 11 is 5.85. The van der Waals surface area contributed by atoms with E-state index >= 15 is 0 Å². The van der Waals surface area contributed by atoms with E-state index in [9.17, 15) is 14.9 Å². The number of carbonyl (C=O) groups excluding carboxylic acids is 1. The monoisotopic (exact) mass is 258 g/mol. The molecule has 1 unspecified atom stereocenters. The van der Waals surface area contributed by atoms with Crippen LogP contribution < -0.4 is 5.73 Å². The van der Waals surface area contributed by atoms with Crippen molar-refractivity contribution in [3.8, 4) is 0 Å². The van der Waals surface area contributed by atoms with Crippen molar-refractivity contribution in [2.45, 2.75) is 12.5 Å². The number of benzene rings is 1. The van der Waals surface area contributed by atoms with Crippen LogP contribution in [0.3, 0.4) is 0 Å². The van der Waals surface area contributed by atoms with E-state index in [0.717, 1.165) is 0 Å². The molecule has 0 aliphatic heterocycles. The molecule has 0 heterocycles. The van der Waals surface area contributed by atoms with Gasteiger partial charge in [0.15, 0.2) is 0 Å². The smallest absolute Gasteiger partial charge is 0.322 e. The zero-order chi connectivity index (χ0) is 13.0. The predicted octanol–water partition coefficient (Wildman–Crippen LogP) is 1.29. The van der Waals surface area contributed by atoms with Gasteiger partial charge in [-0.25, -0.2) is 0 Å². The van der Waals surface area contributed by atoms with E-state index in [1.165, 1.54) is 25.3 Å². The Kier molecular flexibility index (Phi) is 4.42. The molecule has 0 saturated heterocycles. The summed E-state index contributed by atoms with van der Waals surface area (Å²) in [6.45, 7) is 0. The number of hydrogen-bond donors (Lipinski definition) is 1. The first-order valence-corrected chi connectivity index (χ1v) is 5.09. The number of nitrogens with zero attached hydrogens (tertiary/aromatic N) is 1. The SMILES string of the molecule is COC(=O)C(N)Cc1ccc([N+](=O)[O-])cc1Cl. The highest BCUT2D eigenvalue weighted by atomic mass is 35.5. The molecule has 1 aromatic carbocycles. The summed E-state index contributed by atoms with van der Waals surface area (Å²) in [5, 5.41) is 10.7. The first-order chi connectivity index (χ1) is 7.95. The lowest BCUT2D eigenvalue weighted by Crippen LogP contribution is -2.33. The molecule has 17 heavy (non-hydrogen) atoms. The minimum atomic E-state index is -0.834. The Labute approximate surface area is 102 Å². The third-order valence-corrected chi connectivity index (χ3v) is 2.54. The molecule has 2 N–H and O–H groups in total. The highest BCUT2D eigenvalue weighted by Gasteiger charge is 2.17. The number of non-ortho nitro benzene ring substituents is 1. The van der Waals surface area contributed by atoms with Gasteiger partial charge in [-0.1, -0.05) is 17.7 Å². The van der Waals surface area contributed by atoms with E-state index in [0.29, 0.717) is 5.56 Å². The fourth-order valence-electron chi connectivity index (χ4n) is 1.29. The number of rotatable bonds is 4. The summed E-state index contributed by atoms with van der Waals surface area (Å²) < 4.78 is 4.47. The molecular formula is C10H11ClN2O4. The van der Waals surface area contributed by atoms with Gasteiger partial charge in [0.05, 0.1) is 17.1 Å². The molecule has 1 rings (SSSR count). The third kappa shape index (κ3) is 3.40. The molecule has 0 aliphatic carbocycles. The van der Waals surface area contributed by atoms with Crippen molar-refractivity contribution in [2.24, 2.45) is 5.73 Å². The van der Waals surface area contributed by atoms with Crippen molar-refractivity contribution >= 4 is 23.3 Å². The van der Waals surface area contributed by atoms with E-state index in [-0.39, 0.29) is 17.1 Å². The van der Waals surface area contributed by atoms with Crippen LogP contribution >= 0.6 is 11.6 Å². The molecule has 0 saturated carbocycles. The fourth-order valence-corrected chi connectivity index (χ4v) is 1.54. The zero-order valence-corrected chi connectivity index (χ0v) is 9.81. The second-order valence-electron chi connectivity index (χ2n) is 3.37. The van der Waals surface area contributed by atoms with E-state index < -0.39 is 16.9 Å². The van der Waals surface area contributed by atoms with Crippen LogP contribution in [0.2, 0.25) is 5.02 Å². The van der Waals surface area contributed by atoms with Gasteiger partial charge in [-0.2, -0.15) is 0 Å². The lowest BCUT2D eigenvalue weighted by molar-refractivity contribution is -0.384. The molecule has 92 valence electrons. The predicted molar refractivity (Wildman–Crippen MR) is 61.8 cm³/mol. The Hall–Kier alpha value is -1.66. The van der Waals surface area contributed by atoms with Gasteiger partial charge in [-0.15, -0.1) is 0 Å². The average Bonchev–Trinajstić information content (AvgIpc) is 2.30. The largest absolute Gasteiger partial charge is 0.468 e. The summed E-state index contributed by atoms with van der Waals surface area (Å²) in [5.41, 5.74) is 6.02. The van der Waals surface area contributed by atoms with Crippen molar-refractivity contribution < 1.29 is 14.5 Å². The van der Waals surface area contributed by atoms with Crippen LogP contribution in [0.1, 0.15) is 5.56 Å². The van der Waals surface area contributed by atoms with E-state index in [1.54, 1.807) is 0 Å². The number of carbonyl (C=O) groups is 1. The van der Waals surface area contributed by atoms with E-state index in [1.807, 2.05) is 0 Å². The van der Waals surface area contributed by atoms with Crippen LogP contribution in [0.15, 0.2) is 18.2 Å². The van der Waals surface area contributed by atoms with E-state index in [2.05, 4.69) is 4.74 Å². The Morgan fingerprint density at radius 2 is 2.29 bits per heavy atom. The molecule has 0 amide bonds. The molecule has 0 aliphatic rings. The Balaban J connectivity index is 2.86. The Morgan fingerprint density at radius 1 is 1.65 bits per heavy atom. The highest BCUT2D eigenvalue weighted by Crippen LogP contribution is 2.23. The summed E-state index contributed by atoms with van der Waals surface area (Å²) in [6, 6.07) is 3.17. The van der Waals surface area contributed by atoms with Gasteiger partial charge < -0.3 is 10.5 Å². The minimum Gasteiger partial charge on any atom is -0.468 e. The van der Waals surface area contributed by atoms with Gasteiger partial charge in [-0.3, -0.25) is 14.9 Å². The second-order valence-corrected chi connectivity index (χ2v) is 3.77. The first kappa shape index (κ1) is 13.4. The first-order valence-electron chi connectivity index (χ1n) is 4.72. The number of nitro groups is 1. The number of hydrogen-bond acceptors (Lipinski definition) is 5. The number of nitro benzene ring substituents is 1. The molecule has 0 fully saturated rings. The maximum atomic E-state index is 11.1. The summed E-state index contributed by atoms with van der Waals surface area (Å²) in [5.74, 6) is -0.556. The van der Waals surface area contributed by atoms with Crippen molar-refractivity contribution in [3.63, 3.8) is 0 Å². The minimum absolute atomic E-state index is 0.106. The summed E-state index contributed by atoms with van der Waals surface area (Å²) in [6.07, 6.45) is 0.170. The molecule has 7 heteroatoms. The van der Waals surface area contributed by atoms with Crippen molar-refractivity contribution in [1.82, 2.24) is 0 Å². The molecule has 1 aromatic rings. The molecule has 0 bridgehead atoms. The van der Waals surface area contributed by atoms with Gasteiger partial charge in [0.1, 0.15) is 6.04 Å². The third-order valence-electron chi connectivity index (χ3n) is 2.19. The maximum Gasteiger partial charge on any atom is 0.322 e. The van der Waals surface area contributed by atoms with Crippen LogP contribution in [-0.2, 0) is 16.0 Å². The zero-order valence-electron chi connectivity index (χ0n) is 9.05. The molecule has 0 aromatic heterocycles. The highest BCUT2D eigenvalue weighted by molar-refractivity contribution is 6.31. The molecule has 0 radical (unpaired) electrons. The van der Waals surface area contributed by atoms with Crippen LogP contribution in [0.25, 0.3) is 0 Å². The fraction of sp³-hybridized carbons (Fsp3) is 0.300. The van der Waals surface area contributed by atoms with Crippen LogP contribution in [0.5, 0.6) is 0 Å². The van der Waals surface area contributed by atoms with Crippen molar-refractivity contribution in [1.29, 1.82) is 0 Å². The summed E-state index contributed by atoms with van der Waals surface area (Å²) in [7, 11) is 1.24. The maximum absolute atomic E-state index is 11.1. The molecule has 0 spiro atoms. The Morgan fingerprint density at radius 3 is 2.76 bits per heavy atom. The lowest BCUT2D eigenvalue weighted by Gasteiger charge is -2.10. The number of ether oxygens (including phenoxy) is 1.